The van der Waals surface area contributed by atoms with Gasteiger partial charge in [0.2, 0.25) is 0 Å². The Kier molecular flexibility index (Phi) is 10.5. The Morgan fingerprint density at radius 1 is 1.07 bits per heavy atom. The summed E-state index contributed by atoms with van der Waals surface area (Å²) in [5.74, 6) is 0.539. The van der Waals surface area contributed by atoms with Crippen molar-refractivity contribution in [1.82, 2.24) is 41.9 Å². The van der Waals surface area contributed by atoms with Gasteiger partial charge >= 0.3 is 0 Å². The van der Waals surface area contributed by atoms with Crippen LogP contribution in [0.25, 0.3) is 0 Å². The maximum absolute atomic E-state index is 13.4. The van der Waals surface area contributed by atoms with E-state index in [1.54, 1.807) is 0 Å². The molecule has 4 unspecified atom stereocenters. The van der Waals surface area contributed by atoms with Gasteiger partial charge in [-0.2, -0.15) is 0 Å². The maximum Gasteiger partial charge on any atom is 0.251 e. The van der Waals surface area contributed by atoms with Crippen molar-refractivity contribution < 1.29 is 9.90 Å². The molecule has 1 spiro atoms. The summed E-state index contributed by atoms with van der Waals surface area (Å²) in [7, 11) is 2.13. The third-order valence-corrected chi connectivity index (χ3v) is 10.4. The van der Waals surface area contributed by atoms with Gasteiger partial charge in [-0.15, -0.1) is 0 Å². The van der Waals surface area contributed by atoms with Crippen LogP contribution in [0.3, 0.4) is 0 Å². The second kappa shape index (κ2) is 14.5. The second-order valence-corrected chi connectivity index (χ2v) is 13.6. The molecule has 3 aliphatic heterocycles. The van der Waals surface area contributed by atoms with Crippen LogP contribution in [0.5, 0.6) is 0 Å². The molecular formula is C32H55N9O2. The smallest absolute Gasteiger partial charge is 0.251 e. The lowest BCUT2D eigenvalue weighted by atomic mass is 9.91. The van der Waals surface area contributed by atoms with E-state index in [0.717, 1.165) is 31.7 Å². The summed E-state index contributed by atoms with van der Waals surface area (Å²) in [6.45, 7) is 4.32. The average molecular weight is 598 g/mol. The topological polar surface area (TPSA) is 128 Å². The number of likely N-dealkylation sites (N-methyl/N-ethyl adjacent to an activating group) is 1. The molecule has 6 rings (SSSR count). The van der Waals surface area contributed by atoms with Gasteiger partial charge in [-0.25, -0.2) is 10.9 Å². The molecule has 11 nitrogen and oxygen atoms in total. The number of hydrogen-bond donors (Lipinski definition) is 8. The van der Waals surface area contributed by atoms with Gasteiger partial charge < -0.3 is 15.7 Å². The van der Waals surface area contributed by atoms with Gasteiger partial charge in [0.1, 0.15) is 0 Å². The van der Waals surface area contributed by atoms with E-state index in [2.05, 4.69) is 54.3 Å². The molecule has 8 N–H and O–H groups in total. The molecule has 3 saturated heterocycles. The first-order chi connectivity index (χ1) is 21.0. The molecule has 0 radical (unpaired) electrons. The normalized spacial score (nSPS) is 31.3. The lowest BCUT2D eigenvalue weighted by Gasteiger charge is -2.47. The monoisotopic (exact) mass is 597 g/mol. The van der Waals surface area contributed by atoms with Crippen molar-refractivity contribution in [2.45, 2.75) is 107 Å². The van der Waals surface area contributed by atoms with Crippen molar-refractivity contribution in [2.75, 3.05) is 51.7 Å². The molecule has 2 aliphatic carbocycles. The van der Waals surface area contributed by atoms with E-state index in [1.165, 1.54) is 64.2 Å². The Hall–Kier alpha value is -1.83. The molecule has 5 atom stereocenters. The van der Waals surface area contributed by atoms with Crippen LogP contribution in [0.2, 0.25) is 0 Å². The molecule has 240 valence electrons. The first-order valence-corrected chi connectivity index (χ1v) is 17.0. The highest BCUT2D eigenvalue weighted by molar-refractivity contribution is 5.95. The highest BCUT2D eigenvalue weighted by Gasteiger charge is 2.43. The summed E-state index contributed by atoms with van der Waals surface area (Å²) in [4.78, 5) is 18.0. The molecule has 11 heteroatoms. The van der Waals surface area contributed by atoms with E-state index in [0.29, 0.717) is 24.6 Å². The molecule has 5 fully saturated rings. The van der Waals surface area contributed by atoms with E-state index in [-0.39, 0.29) is 48.8 Å². The van der Waals surface area contributed by atoms with Crippen molar-refractivity contribution in [3.63, 3.8) is 0 Å². The Balaban J connectivity index is 1.06. The summed E-state index contributed by atoms with van der Waals surface area (Å²) in [6.07, 6.45) is 13.9. The van der Waals surface area contributed by atoms with Crippen LogP contribution < -0.4 is 37.4 Å². The molecule has 0 aromatic heterocycles. The molecule has 2 saturated carbocycles. The van der Waals surface area contributed by atoms with Gasteiger partial charge in [0.05, 0.1) is 36.8 Å². The van der Waals surface area contributed by atoms with Crippen molar-refractivity contribution in [1.29, 1.82) is 0 Å². The maximum atomic E-state index is 13.4. The molecule has 0 bridgehead atoms. The second-order valence-electron chi connectivity index (χ2n) is 13.6. The van der Waals surface area contributed by atoms with Crippen LogP contribution in [0.1, 0.15) is 81.0 Å². The standard InChI is InChI=1S/C32H55N9O2/c1-40-18-17-33-30(40)28(23-11-12-23)36-31(43)24-9-8-10-25(21-24)34-22-27-38-39-29(41(27)19-20-42)26-13-16-35-32(37-26)14-6-4-2-3-5-7-15-32/h8-10,21,23,26-30,33-35,37-39,42H,2-7,11-20,22H2,1H3,(H,36,43)/t26?,27?,28-,29?,30?/m0/s1. The largest absolute Gasteiger partial charge is 0.395 e. The summed E-state index contributed by atoms with van der Waals surface area (Å²) in [5.41, 5.74) is 8.68. The van der Waals surface area contributed by atoms with Gasteiger partial charge in [0, 0.05) is 43.5 Å². The fourth-order valence-corrected chi connectivity index (χ4v) is 7.85. The van der Waals surface area contributed by atoms with Crippen molar-refractivity contribution >= 4 is 11.6 Å². The number of nitrogens with one attached hydrogen (secondary N) is 7. The van der Waals surface area contributed by atoms with Gasteiger partial charge in [-0.05, 0) is 69.8 Å². The summed E-state index contributed by atoms with van der Waals surface area (Å²) in [5, 5.41) is 28.4. The number of amides is 1. The van der Waals surface area contributed by atoms with Crippen LogP contribution in [0.15, 0.2) is 24.3 Å². The van der Waals surface area contributed by atoms with Crippen LogP contribution in [0.4, 0.5) is 5.69 Å². The lowest BCUT2D eigenvalue weighted by Crippen LogP contribution is -2.69. The van der Waals surface area contributed by atoms with Crippen LogP contribution >= 0.6 is 0 Å². The number of nitrogens with zero attached hydrogens (tertiary/aromatic N) is 2. The minimum absolute atomic E-state index is 0.00558. The van der Waals surface area contributed by atoms with Crippen LogP contribution in [-0.2, 0) is 0 Å². The molecule has 1 aromatic rings. The van der Waals surface area contributed by atoms with Crippen LogP contribution in [-0.4, -0.2) is 103 Å². The van der Waals surface area contributed by atoms with E-state index < -0.39 is 0 Å². The quantitative estimate of drug-likeness (QED) is 0.200. The number of carbonyl (C=O) groups excluding carboxylic acids is 1. The van der Waals surface area contributed by atoms with E-state index in [4.69, 9.17) is 0 Å². The van der Waals surface area contributed by atoms with Gasteiger partial charge in [0.15, 0.2) is 0 Å². The minimum Gasteiger partial charge on any atom is -0.395 e. The summed E-state index contributed by atoms with van der Waals surface area (Å²) >= 11 is 0. The number of aliphatic hydroxyl groups excluding tert-OH is 1. The number of hydrazine groups is 1. The van der Waals surface area contributed by atoms with Gasteiger partial charge in [-0.3, -0.25) is 30.5 Å². The predicted molar refractivity (Wildman–Crippen MR) is 170 cm³/mol. The molecule has 5 aliphatic rings. The first-order valence-electron chi connectivity index (χ1n) is 17.0. The number of rotatable bonds is 10. The number of aliphatic hydroxyl groups is 1. The van der Waals surface area contributed by atoms with Crippen molar-refractivity contribution in [2.24, 2.45) is 5.92 Å². The summed E-state index contributed by atoms with van der Waals surface area (Å²) < 4.78 is 0. The Morgan fingerprint density at radius 2 is 1.86 bits per heavy atom. The number of hydrogen-bond acceptors (Lipinski definition) is 10. The van der Waals surface area contributed by atoms with Crippen molar-refractivity contribution in [3.05, 3.63) is 29.8 Å². The number of anilines is 1. The highest BCUT2D eigenvalue weighted by atomic mass is 16.3. The molecular weight excluding hydrogens is 542 g/mol. The number of β-amino-alcohol motifs (C(OH)–C–C–N with tert-alkyl or cyclic N) is 1. The Labute approximate surface area is 257 Å². The Bertz CT molecular complexity index is 1050. The fourth-order valence-electron chi connectivity index (χ4n) is 7.85. The molecule has 43 heavy (non-hydrogen) atoms. The Morgan fingerprint density at radius 3 is 2.58 bits per heavy atom. The summed E-state index contributed by atoms with van der Waals surface area (Å²) in [6, 6.07) is 8.24. The van der Waals surface area contributed by atoms with Crippen LogP contribution in [0, 0.1) is 5.92 Å². The zero-order chi connectivity index (χ0) is 29.6. The third kappa shape index (κ3) is 7.70. The SMILES string of the molecule is CN1CCNC1[C@@H](NC(=O)c1cccc(NCC2NNC(C3CCNC4(CCCCCCCC4)N3)N2CCO)c1)C1CC1. The highest BCUT2D eigenvalue weighted by Crippen LogP contribution is 2.35. The average Bonchev–Trinajstić information content (AvgIpc) is 3.62. The van der Waals surface area contributed by atoms with E-state index >= 15 is 0 Å². The van der Waals surface area contributed by atoms with Gasteiger partial charge in [0.25, 0.3) is 5.91 Å². The molecule has 1 amide bonds. The minimum atomic E-state index is -0.0129. The van der Waals surface area contributed by atoms with E-state index in [1.807, 2.05) is 24.3 Å². The van der Waals surface area contributed by atoms with Crippen molar-refractivity contribution in [3.8, 4) is 0 Å². The third-order valence-electron chi connectivity index (χ3n) is 10.4. The van der Waals surface area contributed by atoms with Gasteiger partial charge in [-0.1, -0.05) is 44.6 Å². The number of benzene rings is 1. The van der Waals surface area contributed by atoms with E-state index in [9.17, 15) is 9.90 Å². The number of carbonyl (C=O) groups is 1. The lowest BCUT2D eigenvalue weighted by molar-refractivity contribution is 0.0701. The zero-order valence-corrected chi connectivity index (χ0v) is 26.0. The predicted octanol–water partition coefficient (Wildman–Crippen LogP) is 1.30. The zero-order valence-electron chi connectivity index (χ0n) is 26.0. The first kappa shape index (κ1) is 31.2. The molecule has 3 heterocycles. The fraction of sp³-hybridized carbons (Fsp3) is 0.781. The molecule has 1 aromatic carbocycles.